The molecule has 4 rings (SSSR count). The highest BCUT2D eigenvalue weighted by Crippen LogP contribution is 2.29. The summed E-state index contributed by atoms with van der Waals surface area (Å²) < 4.78 is 6.06. The van der Waals surface area contributed by atoms with Crippen LogP contribution in [-0.4, -0.2) is 39.0 Å². The van der Waals surface area contributed by atoms with Crippen molar-refractivity contribution in [2.45, 2.75) is 44.6 Å². The summed E-state index contributed by atoms with van der Waals surface area (Å²) in [5.74, 6) is 0.921. The predicted octanol–water partition coefficient (Wildman–Crippen LogP) is 3.61. The second kappa shape index (κ2) is 8.42. The van der Waals surface area contributed by atoms with Gasteiger partial charge < -0.3 is 4.74 Å². The highest BCUT2D eigenvalue weighted by atomic mass is 16.5. The lowest BCUT2D eigenvalue weighted by atomic mass is 9.87. The second-order valence-corrected chi connectivity index (χ2v) is 7.71. The Hall–Kier alpha value is -2.89. The van der Waals surface area contributed by atoms with Crippen molar-refractivity contribution in [2.75, 3.05) is 18.2 Å². The van der Waals surface area contributed by atoms with Crippen molar-refractivity contribution < 1.29 is 4.74 Å². The van der Waals surface area contributed by atoms with Gasteiger partial charge in [0.2, 0.25) is 0 Å². The summed E-state index contributed by atoms with van der Waals surface area (Å²) in [6.07, 6.45) is 7.06. The fourth-order valence-electron chi connectivity index (χ4n) is 3.96. The van der Waals surface area contributed by atoms with E-state index >= 15 is 0 Å². The van der Waals surface area contributed by atoms with Gasteiger partial charge in [0, 0.05) is 13.0 Å². The number of rotatable bonds is 7. The summed E-state index contributed by atoms with van der Waals surface area (Å²) in [6, 6.07) is 19.0. The van der Waals surface area contributed by atoms with E-state index in [1.54, 1.807) is 11.1 Å². The van der Waals surface area contributed by atoms with Gasteiger partial charge in [0.15, 0.2) is 6.33 Å². The van der Waals surface area contributed by atoms with Crippen molar-refractivity contribution in [1.29, 1.82) is 0 Å². The zero-order valence-electron chi connectivity index (χ0n) is 16.4. The average molecular weight is 377 g/mol. The van der Waals surface area contributed by atoms with E-state index in [1.165, 1.54) is 24.0 Å². The lowest BCUT2D eigenvalue weighted by molar-refractivity contribution is 0.196. The quantitative estimate of drug-likeness (QED) is 0.629. The van der Waals surface area contributed by atoms with Crippen LogP contribution in [0.5, 0.6) is 5.75 Å². The van der Waals surface area contributed by atoms with E-state index in [0.29, 0.717) is 6.61 Å². The summed E-state index contributed by atoms with van der Waals surface area (Å²) in [7, 11) is 0. The molecule has 146 valence electrons. The Morgan fingerprint density at radius 3 is 2.54 bits per heavy atom. The first kappa shape index (κ1) is 18.5. The maximum absolute atomic E-state index is 6.06. The van der Waals surface area contributed by atoms with Gasteiger partial charge >= 0.3 is 0 Å². The third-order valence-electron chi connectivity index (χ3n) is 5.63. The molecule has 1 aromatic heterocycles. The first-order valence-electron chi connectivity index (χ1n) is 10.00. The summed E-state index contributed by atoms with van der Waals surface area (Å²) in [6.45, 7) is 3.92. The molecule has 1 saturated heterocycles. The van der Waals surface area contributed by atoms with Crippen LogP contribution in [0.2, 0.25) is 0 Å². The number of nitrogens with zero attached hydrogens (tertiary/aromatic N) is 5. The smallest absolute Gasteiger partial charge is 0.161 e. The molecule has 0 aliphatic carbocycles. The zero-order valence-corrected chi connectivity index (χ0v) is 16.4. The standard InChI is InChI=1S/C22H27N5O/c1-22(13-5-6-15-26(22)27-18-23-24-25-27)14-16-28-21-11-9-20(10-12-21)17-19-7-3-2-4-8-19/h2-4,7-12,18H,5-6,13-17H2,1H3. The van der Waals surface area contributed by atoms with Gasteiger partial charge in [-0.25, -0.2) is 0 Å². The molecule has 1 aliphatic heterocycles. The molecule has 0 amide bonds. The molecule has 0 bridgehead atoms. The van der Waals surface area contributed by atoms with Gasteiger partial charge in [-0.15, -0.1) is 9.89 Å². The summed E-state index contributed by atoms with van der Waals surface area (Å²) >= 11 is 0. The lowest BCUT2D eigenvalue weighted by Crippen LogP contribution is -2.56. The van der Waals surface area contributed by atoms with Crippen molar-refractivity contribution >= 4 is 0 Å². The van der Waals surface area contributed by atoms with Crippen LogP contribution in [0.4, 0.5) is 0 Å². The van der Waals surface area contributed by atoms with E-state index in [4.69, 9.17) is 4.74 Å². The lowest BCUT2D eigenvalue weighted by Gasteiger charge is -2.45. The predicted molar refractivity (Wildman–Crippen MR) is 109 cm³/mol. The number of piperidine rings is 1. The first-order valence-corrected chi connectivity index (χ1v) is 10.00. The minimum Gasteiger partial charge on any atom is -0.494 e. The van der Waals surface area contributed by atoms with Crippen LogP contribution >= 0.6 is 0 Å². The molecule has 1 fully saturated rings. The molecule has 0 radical (unpaired) electrons. The fourth-order valence-corrected chi connectivity index (χ4v) is 3.96. The van der Waals surface area contributed by atoms with Crippen molar-refractivity contribution in [2.24, 2.45) is 0 Å². The van der Waals surface area contributed by atoms with E-state index in [9.17, 15) is 0 Å². The second-order valence-electron chi connectivity index (χ2n) is 7.71. The molecule has 0 spiro atoms. The molecule has 3 aromatic rings. The molecule has 6 nitrogen and oxygen atoms in total. The van der Waals surface area contributed by atoms with Gasteiger partial charge in [-0.2, -0.15) is 0 Å². The molecular weight excluding hydrogens is 350 g/mol. The van der Waals surface area contributed by atoms with Gasteiger partial charge in [-0.05, 0) is 66.3 Å². The van der Waals surface area contributed by atoms with Gasteiger partial charge in [0.05, 0.1) is 12.1 Å². The highest BCUT2D eigenvalue weighted by Gasteiger charge is 2.35. The van der Waals surface area contributed by atoms with Crippen LogP contribution in [0.15, 0.2) is 60.9 Å². The van der Waals surface area contributed by atoms with Crippen LogP contribution in [0.3, 0.4) is 0 Å². The maximum atomic E-state index is 6.06. The van der Waals surface area contributed by atoms with E-state index < -0.39 is 0 Å². The molecule has 2 aromatic carbocycles. The Kier molecular flexibility index (Phi) is 5.55. The topological polar surface area (TPSA) is 56.1 Å². The van der Waals surface area contributed by atoms with Crippen molar-refractivity contribution in [3.63, 3.8) is 0 Å². The van der Waals surface area contributed by atoms with Gasteiger partial charge in [-0.3, -0.25) is 5.01 Å². The molecule has 28 heavy (non-hydrogen) atoms. The number of tetrazole rings is 1. The number of benzene rings is 2. The van der Waals surface area contributed by atoms with Gasteiger partial charge in [0.1, 0.15) is 5.75 Å². The Balaban J connectivity index is 1.32. The Bertz CT molecular complexity index is 850. The summed E-state index contributed by atoms with van der Waals surface area (Å²) in [5, 5.41) is 13.9. The maximum Gasteiger partial charge on any atom is 0.161 e. The SMILES string of the molecule is CC1(CCOc2ccc(Cc3ccccc3)cc2)CCCCN1n1cnnn1. The molecule has 0 N–H and O–H groups in total. The monoisotopic (exact) mass is 377 g/mol. The van der Waals surface area contributed by atoms with Crippen LogP contribution in [0.25, 0.3) is 0 Å². The fraction of sp³-hybridized carbons (Fsp3) is 0.409. The highest BCUT2D eigenvalue weighted by molar-refractivity contribution is 5.31. The molecular formula is C22H27N5O. The van der Waals surface area contributed by atoms with Gasteiger partial charge in [-0.1, -0.05) is 42.5 Å². The number of hydrogen-bond donors (Lipinski definition) is 0. The molecule has 2 heterocycles. The minimum absolute atomic E-state index is 0.000873. The van der Waals surface area contributed by atoms with Crippen LogP contribution < -0.4 is 9.75 Å². The molecule has 1 aliphatic rings. The van der Waals surface area contributed by atoms with E-state index in [-0.39, 0.29) is 5.54 Å². The largest absolute Gasteiger partial charge is 0.494 e. The summed E-state index contributed by atoms with van der Waals surface area (Å²) in [4.78, 5) is 1.78. The van der Waals surface area contributed by atoms with Crippen LogP contribution in [0, 0.1) is 0 Å². The van der Waals surface area contributed by atoms with E-state index in [1.807, 2.05) is 6.07 Å². The normalized spacial score (nSPS) is 19.5. The number of aromatic nitrogens is 4. The number of hydrogen-bond acceptors (Lipinski definition) is 5. The Labute approximate surface area is 166 Å². The molecule has 6 heteroatoms. The summed E-state index contributed by atoms with van der Waals surface area (Å²) in [5.41, 5.74) is 2.62. The van der Waals surface area contributed by atoms with E-state index in [2.05, 4.69) is 76.0 Å². The first-order chi connectivity index (χ1) is 13.7. The Morgan fingerprint density at radius 1 is 1.00 bits per heavy atom. The van der Waals surface area contributed by atoms with Crippen LogP contribution in [0.1, 0.15) is 43.7 Å². The minimum atomic E-state index is 0.000873. The third-order valence-corrected chi connectivity index (χ3v) is 5.63. The average Bonchev–Trinajstić information content (AvgIpc) is 3.25. The molecule has 1 unspecified atom stereocenters. The van der Waals surface area contributed by atoms with E-state index in [0.717, 1.165) is 31.6 Å². The molecule has 0 saturated carbocycles. The zero-order chi connectivity index (χ0) is 19.2. The van der Waals surface area contributed by atoms with Crippen molar-refractivity contribution in [1.82, 2.24) is 20.3 Å². The van der Waals surface area contributed by atoms with Crippen molar-refractivity contribution in [3.05, 3.63) is 72.1 Å². The Morgan fingerprint density at radius 2 is 1.79 bits per heavy atom. The third kappa shape index (κ3) is 4.32. The van der Waals surface area contributed by atoms with Crippen LogP contribution in [-0.2, 0) is 6.42 Å². The van der Waals surface area contributed by atoms with Crippen molar-refractivity contribution in [3.8, 4) is 5.75 Å². The number of ether oxygens (including phenoxy) is 1. The molecule has 1 atom stereocenters. The van der Waals surface area contributed by atoms with Gasteiger partial charge in [0.25, 0.3) is 0 Å².